The topological polar surface area (TPSA) is 42.1 Å². The fourth-order valence-corrected chi connectivity index (χ4v) is 2.34. The number of nitrogens with two attached hydrogens (primary N) is 1. The molecule has 1 heterocycles. The zero-order valence-corrected chi connectivity index (χ0v) is 11.0. The minimum atomic E-state index is -0.256. The third kappa shape index (κ3) is 1.95. The van der Waals surface area contributed by atoms with Crippen molar-refractivity contribution in [3.63, 3.8) is 0 Å². The van der Waals surface area contributed by atoms with Crippen LogP contribution in [0.4, 0.5) is 21.5 Å². The molecule has 2 aromatic carbocycles. The van der Waals surface area contributed by atoms with E-state index < -0.39 is 0 Å². The molecule has 1 aromatic heterocycles. The fraction of sp³-hybridized carbons (Fsp3) is 0.0625. The highest BCUT2D eigenvalue weighted by atomic mass is 19.1. The van der Waals surface area contributed by atoms with Gasteiger partial charge in [-0.2, -0.15) is 0 Å². The van der Waals surface area contributed by atoms with Crippen molar-refractivity contribution in [1.29, 1.82) is 0 Å². The van der Waals surface area contributed by atoms with Crippen LogP contribution in [0.15, 0.2) is 54.9 Å². The van der Waals surface area contributed by atoms with Crippen molar-refractivity contribution in [2.24, 2.45) is 0 Å². The molecule has 3 rings (SSSR count). The number of para-hydroxylation sites is 1. The average molecular weight is 267 g/mol. The second kappa shape index (κ2) is 4.81. The van der Waals surface area contributed by atoms with Crippen molar-refractivity contribution in [2.75, 3.05) is 17.7 Å². The van der Waals surface area contributed by atoms with Gasteiger partial charge in [0.15, 0.2) is 0 Å². The monoisotopic (exact) mass is 267 g/mol. The number of halogens is 1. The third-order valence-electron chi connectivity index (χ3n) is 3.40. The SMILES string of the molecule is CN(c1ccccc1F)c1ccc(N)c2cnccc12. The Hall–Kier alpha value is -2.62. The molecule has 0 aliphatic heterocycles. The van der Waals surface area contributed by atoms with Crippen LogP contribution in [0.3, 0.4) is 0 Å². The van der Waals surface area contributed by atoms with Gasteiger partial charge in [0.2, 0.25) is 0 Å². The number of hydrogen-bond donors (Lipinski definition) is 1. The number of nitrogens with zero attached hydrogens (tertiary/aromatic N) is 2. The summed E-state index contributed by atoms with van der Waals surface area (Å²) in [5, 5.41) is 1.82. The molecular formula is C16H14FN3. The smallest absolute Gasteiger partial charge is 0.146 e. The standard InChI is InChI=1S/C16H14FN3/c1-20(16-5-3-2-4-13(16)17)15-7-6-14(18)12-10-19-9-8-11(12)15/h2-10H,18H2,1H3. The second-order valence-corrected chi connectivity index (χ2v) is 4.61. The van der Waals surface area contributed by atoms with Gasteiger partial charge in [-0.25, -0.2) is 4.39 Å². The first-order valence-electron chi connectivity index (χ1n) is 6.29. The molecule has 0 radical (unpaired) electrons. The summed E-state index contributed by atoms with van der Waals surface area (Å²) in [5.74, 6) is -0.256. The number of fused-ring (bicyclic) bond motifs is 1. The highest BCUT2D eigenvalue weighted by Gasteiger charge is 2.12. The quantitative estimate of drug-likeness (QED) is 0.719. The summed E-state index contributed by atoms with van der Waals surface area (Å²) in [4.78, 5) is 5.91. The molecule has 0 bridgehead atoms. The van der Waals surface area contributed by atoms with Crippen molar-refractivity contribution < 1.29 is 4.39 Å². The van der Waals surface area contributed by atoms with Crippen LogP contribution in [0.2, 0.25) is 0 Å². The second-order valence-electron chi connectivity index (χ2n) is 4.61. The molecule has 3 aromatic rings. The van der Waals surface area contributed by atoms with E-state index in [2.05, 4.69) is 4.98 Å². The minimum Gasteiger partial charge on any atom is -0.398 e. The number of anilines is 3. The van der Waals surface area contributed by atoms with Crippen LogP contribution in [0.1, 0.15) is 0 Å². The van der Waals surface area contributed by atoms with Crippen LogP contribution in [0, 0.1) is 5.82 Å². The highest BCUT2D eigenvalue weighted by molar-refractivity contribution is 6.01. The van der Waals surface area contributed by atoms with E-state index in [1.807, 2.05) is 36.2 Å². The molecule has 3 nitrogen and oxygen atoms in total. The molecule has 0 amide bonds. The lowest BCUT2D eigenvalue weighted by atomic mass is 10.1. The summed E-state index contributed by atoms with van der Waals surface area (Å²) in [5.41, 5.74) is 8.04. The maximum atomic E-state index is 13.9. The van der Waals surface area contributed by atoms with Crippen LogP contribution in [-0.2, 0) is 0 Å². The Kier molecular flexibility index (Phi) is 2.99. The molecule has 0 aliphatic carbocycles. The predicted octanol–water partition coefficient (Wildman–Crippen LogP) is 3.72. The molecular weight excluding hydrogens is 253 g/mol. The van der Waals surface area contributed by atoms with Gasteiger partial charge in [0.25, 0.3) is 0 Å². The molecule has 0 atom stereocenters. The van der Waals surface area contributed by atoms with Crippen molar-refractivity contribution in [3.8, 4) is 0 Å². The zero-order valence-electron chi connectivity index (χ0n) is 11.0. The van der Waals surface area contributed by atoms with Gasteiger partial charge >= 0.3 is 0 Å². The van der Waals surface area contributed by atoms with E-state index in [0.29, 0.717) is 11.4 Å². The van der Waals surface area contributed by atoms with E-state index in [9.17, 15) is 4.39 Å². The maximum Gasteiger partial charge on any atom is 0.146 e. The van der Waals surface area contributed by atoms with Gasteiger partial charge in [0.05, 0.1) is 5.69 Å². The number of pyridine rings is 1. The van der Waals surface area contributed by atoms with Crippen LogP contribution in [0.5, 0.6) is 0 Å². The van der Waals surface area contributed by atoms with Crippen molar-refractivity contribution in [2.45, 2.75) is 0 Å². The van der Waals surface area contributed by atoms with Crippen LogP contribution < -0.4 is 10.6 Å². The highest BCUT2D eigenvalue weighted by Crippen LogP contribution is 2.34. The molecule has 0 saturated carbocycles. The lowest BCUT2D eigenvalue weighted by Gasteiger charge is -2.22. The molecule has 2 N–H and O–H groups in total. The largest absolute Gasteiger partial charge is 0.398 e. The van der Waals surface area contributed by atoms with Crippen LogP contribution in [-0.4, -0.2) is 12.0 Å². The first-order valence-corrected chi connectivity index (χ1v) is 6.29. The summed E-state index contributed by atoms with van der Waals surface area (Å²) in [6, 6.07) is 12.3. The van der Waals surface area contributed by atoms with Gasteiger partial charge in [0, 0.05) is 41.6 Å². The first-order chi connectivity index (χ1) is 9.68. The van der Waals surface area contributed by atoms with Gasteiger partial charge in [-0.15, -0.1) is 0 Å². The van der Waals surface area contributed by atoms with E-state index in [-0.39, 0.29) is 5.82 Å². The Morgan fingerprint density at radius 3 is 2.60 bits per heavy atom. The molecule has 4 heteroatoms. The van der Waals surface area contributed by atoms with Crippen LogP contribution >= 0.6 is 0 Å². The van der Waals surface area contributed by atoms with E-state index >= 15 is 0 Å². The van der Waals surface area contributed by atoms with Gasteiger partial charge in [-0.05, 0) is 30.3 Å². The molecule has 0 aliphatic rings. The van der Waals surface area contributed by atoms with Crippen molar-refractivity contribution >= 4 is 27.8 Å². The lowest BCUT2D eigenvalue weighted by Crippen LogP contribution is -2.11. The fourth-order valence-electron chi connectivity index (χ4n) is 2.34. The molecule has 0 unspecified atom stereocenters. The summed E-state index contributed by atoms with van der Waals surface area (Å²) >= 11 is 0. The van der Waals surface area contributed by atoms with Gasteiger partial charge in [0.1, 0.15) is 5.82 Å². The Labute approximate surface area is 116 Å². The average Bonchev–Trinajstić information content (AvgIpc) is 2.48. The number of nitrogen functional groups attached to an aromatic ring is 1. The Morgan fingerprint density at radius 1 is 1.00 bits per heavy atom. The van der Waals surface area contributed by atoms with E-state index in [1.54, 1.807) is 24.5 Å². The zero-order chi connectivity index (χ0) is 14.1. The summed E-state index contributed by atoms with van der Waals surface area (Å²) < 4.78 is 13.9. The van der Waals surface area contributed by atoms with Crippen molar-refractivity contribution in [1.82, 2.24) is 4.98 Å². The Balaban J connectivity index is 2.20. The molecule has 0 spiro atoms. The molecule has 20 heavy (non-hydrogen) atoms. The normalized spacial score (nSPS) is 10.7. The number of hydrogen-bond acceptors (Lipinski definition) is 3. The molecule has 0 fully saturated rings. The molecule has 100 valence electrons. The number of aromatic nitrogens is 1. The summed E-state index contributed by atoms with van der Waals surface area (Å²) in [6.07, 6.45) is 3.43. The number of benzene rings is 2. The van der Waals surface area contributed by atoms with Crippen LogP contribution in [0.25, 0.3) is 10.8 Å². The van der Waals surface area contributed by atoms with Gasteiger partial charge in [-0.1, -0.05) is 12.1 Å². The first kappa shape index (κ1) is 12.4. The Bertz CT molecular complexity index is 771. The Morgan fingerprint density at radius 2 is 1.80 bits per heavy atom. The van der Waals surface area contributed by atoms with E-state index in [0.717, 1.165) is 16.5 Å². The predicted molar refractivity (Wildman–Crippen MR) is 80.6 cm³/mol. The van der Waals surface area contributed by atoms with E-state index in [1.165, 1.54) is 6.07 Å². The summed E-state index contributed by atoms with van der Waals surface area (Å²) in [6.45, 7) is 0. The third-order valence-corrected chi connectivity index (χ3v) is 3.40. The van der Waals surface area contributed by atoms with E-state index in [4.69, 9.17) is 5.73 Å². The minimum absolute atomic E-state index is 0.256. The molecule has 0 saturated heterocycles. The number of rotatable bonds is 2. The van der Waals surface area contributed by atoms with Crippen molar-refractivity contribution in [3.05, 3.63) is 60.7 Å². The van der Waals surface area contributed by atoms with Gasteiger partial charge < -0.3 is 10.6 Å². The lowest BCUT2D eigenvalue weighted by molar-refractivity contribution is 0.628. The van der Waals surface area contributed by atoms with Gasteiger partial charge in [-0.3, -0.25) is 4.98 Å². The summed E-state index contributed by atoms with van der Waals surface area (Å²) in [7, 11) is 1.84. The maximum absolute atomic E-state index is 13.9.